The highest BCUT2D eigenvalue weighted by Crippen LogP contribution is 2.28. The Kier molecular flexibility index (Phi) is 19.9. The predicted octanol–water partition coefficient (Wildman–Crippen LogP) is 3.79. The number of nitrogens with zero attached hydrogens (tertiary/aromatic N) is 13. The normalized spacial score (nSPS) is 16.5. The maximum atomic E-state index is 14.7. The van der Waals surface area contributed by atoms with Gasteiger partial charge in [-0.2, -0.15) is 15.0 Å². The first-order chi connectivity index (χ1) is 35.3. The number of hydrogen-bond acceptors (Lipinski definition) is 17. The summed E-state index contributed by atoms with van der Waals surface area (Å²) in [6.45, 7) is 19.2. The number of aromatic amines is 1. The molecule has 22 nitrogen and oxygen atoms in total. The molecule has 73 heavy (non-hydrogen) atoms. The number of nitrogens with one attached hydrogen (secondary N) is 2. The molecule has 2 aliphatic rings. The number of para-hydroxylation sites is 1. The van der Waals surface area contributed by atoms with Crippen LogP contribution in [0.5, 0.6) is 0 Å². The lowest BCUT2D eigenvalue weighted by atomic mass is 9.97. The SMILES string of the molecule is C#CCOCCOCCOCCNc1nc(N2CCN(C(=O)[C@H]([C@@H](C)CC)n3cc([C@@H](N)CC(C)C)nn3)CC2)nc(N2CCN(C(=O)[C@H](Cc3cc4ccccc4[nH]3)n3cc([C@@H](N)CC(C)C)nn3)CC2)n1. The second kappa shape index (κ2) is 26.6. The van der Waals surface area contributed by atoms with Gasteiger partial charge in [0.15, 0.2) is 0 Å². The number of ether oxygens (including phenoxy) is 3. The number of piperazine rings is 2. The molecule has 22 heteroatoms. The van der Waals surface area contributed by atoms with Gasteiger partial charge in [-0.15, -0.1) is 16.6 Å². The van der Waals surface area contributed by atoms with E-state index < -0.39 is 12.1 Å². The number of aromatic nitrogens is 10. The minimum Gasteiger partial charge on any atom is -0.377 e. The van der Waals surface area contributed by atoms with E-state index in [1.807, 2.05) is 40.4 Å². The Labute approximate surface area is 429 Å². The summed E-state index contributed by atoms with van der Waals surface area (Å²) in [7, 11) is 0. The van der Waals surface area contributed by atoms with E-state index in [-0.39, 0.29) is 36.4 Å². The predicted molar refractivity (Wildman–Crippen MR) is 280 cm³/mol. The van der Waals surface area contributed by atoms with Crippen LogP contribution in [0, 0.1) is 30.1 Å². The van der Waals surface area contributed by atoms with Gasteiger partial charge in [-0.05, 0) is 48.1 Å². The fourth-order valence-corrected chi connectivity index (χ4v) is 9.23. The van der Waals surface area contributed by atoms with E-state index in [4.69, 9.17) is 47.1 Å². The number of rotatable bonds is 27. The van der Waals surface area contributed by atoms with Gasteiger partial charge in [-0.25, -0.2) is 9.36 Å². The molecule has 0 radical (unpaired) electrons. The third-order valence-corrected chi connectivity index (χ3v) is 13.4. The van der Waals surface area contributed by atoms with Crippen LogP contribution in [0.25, 0.3) is 10.9 Å². The lowest BCUT2D eigenvalue weighted by Crippen LogP contribution is -2.52. The topological polar surface area (TPSA) is 255 Å². The molecule has 7 rings (SSSR count). The molecule has 0 aliphatic carbocycles. The van der Waals surface area contributed by atoms with Gasteiger partial charge in [-0.3, -0.25) is 9.59 Å². The molecule has 6 N–H and O–H groups in total. The quantitative estimate of drug-likeness (QED) is 0.0431. The number of nitrogens with two attached hydrogens (primary N) is 2. The second-order valence-electron chi connectivity index (χ2n) is 19.9. The molecule has 6 heterocycles. The second-order valence-corrected chi connectivity index (χ2v) is 19.9. The molecule has 0 saturated carbocycles. The van der Waals surface area contributed by atoms with Gasteiger partial charge in [0.2, 0.25) is 29.7 Å². The maximum absolute atomic E-state index is 14.7. The molecular formula is C51H77N17O5. The molecule has 396 valence electrons. The van der Waals surface area contributed by atoms with Crippen LogP contribution < -0.4 is 26.6 Å². The number of fused-ring (bicyclic) bond motifs is 1. The van der Waals surface area contributed by atoms with Gasteiger partial charge < -0.3 is 55.6 Å². The summed E-state index contributed by atoms with van der Waals surface area (Å²) in [5.41, 5.74) is 16.3. The summed E-state index contributed by atoms with van der Waals surface area (Å²) in [4.78, 5) is 55.3. The third-order valence-electron chi connectivity index (χ3n) is 13.4. The van der Waals surface area contributed by atoms with E-state index in [1.54, 1.807) is 9.36 Å². The summed E-state index contributed by atoms with van der Waals surface area (Å²) in [5.74, 6) is 4.56. The minimum atomic E-state index is -0.652. The number of hydrogen-bond donors (Lipinski definition) is 4. The van der Waals surface area contributed by atoms with Crippen LogP contribution in [0.1, 0.15) is 102 Å². The number of terminal acetylenes is 1. The molecule has 5 atom stereocenters. The van der Waals surface area contributed by atoms with Crippen LogP contribution in [-0.4, -0.2) is 170 Å². The van der Waals surface area contributed by atoms with E-state index in [0.29, 0.717) is 139 Å². The molecule has 1 aromatic carbocycles. The Hall–Kier alpha value is -6.25. The summed E-state index contributed by atoms with van der Waals surface area (Å²) in [6, 6.07) is 8.45. The molecule has 2 amide bonds. The first-order valence-corrected chi connectivity index (χ1v) is 26.0. The van der Waals surface area contributed by atoms with Crippen molar-refractivity contribution < 1.29 is 23.8 Å². The zero-order valence-corrected chi connectivity index (χ0v) is 43.6. The summed E-state index contributed by atoms with van der Waals surface area (Å²) >= 11 is 0. The van der Waals surface area contributed by atoms with Gasteiger partial charge in [0.1, 0.15) is 18.7 Å². The summed E-state index contributed by atoms with van der Waals surface area (Å²) in [6.07, 6.45) is 11.6. The van der Waals surface area contributed by atoms with Crippen molar-refractivity contribution in [1.29, 1.82) is 0 Å². The van der Waals surface area contributed by atoms with E-state index in [9.17, 15) is 9.59 Å². The van der Waals surface area contributed by atoms with Crippen molar-refractivity contribution in [3.05, 3.63) is 59.8 Å². The van der Waals surface area contributed by atoms with Crippen molar-refractivity contribution >= 4 is 40.6 Å². The molecule has 0 unspecified atom stereocenters. The van der Waals surface area contributed by atoms with Crippen molar-refractivity contribution in [3.63, 3.8) is 0 Å². The molecule has 5 aromatic rings. The third kappa shape index (κ3) is 14.9. The largest absolute Gasteiger partial charge is 0.377 e. The molecule has 4 aromatic heterocycles. The number of benzene rings is 1. The first-order valence-electron chi connectivity index (χ1n) is 26.0. The van der Waals surface area contributed by atoms with Crippen molar-refractivity contribution in [2.24, 2.45) is 29.2 Å². The summed E-state index contributed by atoms with van der Waals surface area (Å²) in [5, 5.41) is 22.1. The monoisotopic (exact) mass is 1010 g/mol. The van der Waals surface area contributed by atoms with Crippen LogP contribution >= 0.6 is 0 Å². The Morgan fingerprint density at radius 1 is 0.740 bits per heavy atom. The fraction of sp³-hybridized carbons (Fsp3) is 0.627. The Balaban J connectivity index is 1.04. The molecule has 2 fully saturated rings. The fourth-order valence-electron chi connectivity index (χ4n) is 9.23. The zero-order valence-electron chi connectivity index (χ0n) is 43.6. The lowest BCUT2D eigenvalue weighted by molar-refractivity contribution is -0.137. The molecule has 2 aliphatic heterocycles. The zero-order chi connectivity index (χ0) is 51.9. The van der Waals surface area contributed by atoms with Crippen molar-refractivity contribution in [2.45, 2.75) is 91.4 Å². The lowest BCUT2D eigenvalue weighted by Gasteiger charge is -2.38. The van der Waals surface area contributed by atoms with Crippen LogP contribution in [0.15, 0.2) is 42.7 Å². The average molecular weight is 1010 g/mol. The highest BCUT2D eigenvalue weighted by Gasteiger charge is 2.35. The van der Waals surface area contributed by atoms with Gasteiger partial charge >= 0.3 is 0 Å². The Morgan fingerprint density at radius 2 is 1.29 bits per heavy atom. The average Bonchev–Trinajstić information content (AvgIpc) is 4.18. The van der Waals surface area contributed by atoms with Crippen LogP contribution in [-0.2, 0) is 30.2 Å². The number of carbonyl (C=O) groups excluding carboxylic acids is 2. The number of H-pyrrole nitrogens is 1. The first kappa shape index (κ1) is 54.5. The van der Waals surface area contributed by atoms with E-state index >= 15 is 0 Å². The van der Waals surface area contributed by atoms with Crippen LogP contribution in [0.3, 0.4) is 0 Å². The van der Waals surface area contributed by atoms with Gasteiger partial charge in [0.05, 0.1) is 68.9 Å². The summed E-state index contributed by atoms with van der Waals surface area (Å²) < 4.78 is 20.0. The van der Waals surface area contributed by atoms with Gasteiger partial charge in [0, 0.05) is 76.5 Å². The Bertz CT molecular complexity index is 2510. The number of carbonyl (C=O) groups is 2. The Morgan fingerprint density at radius 3 is 1.86 bits per heavy atom. The van der Waals surface area contributed by atoms with E-state index in [0.717, 1.165) is 35.9 Å². The highest BCUT2D eigenvalue weighted by atomic mass is 16.5. The molecule has 2 saturated heterocycles. The van der Waals surface area contributed by atoms with Gasteiger partial charge in [0.25, 0.3) is 0 Å². The highest BCUT2D eigenvalue weighted by molar-refractivity contribution is 5.83. The van der Waals surface area contributed by atoms with Crippen molar-refractivity contribution in [2.75, 3.05) is 114 Å². The van der Waals surface area contributed by atoms with E-state index in [2.05, 4.69) is 100 Å². The van der Waals surface area contributed by atoms with Gasteiger partial charge in [-0.1, -0.05) is 82.5 Å². The maximum Gasteiger partial charge on any atom is 0.248 e. The molecule has 0 bridgehead atoms. The van der Waals surface area contributed by atoms with Crippen molar-refractivity contribution in [1.82, 2.24) is 59.7 Å². The molecule has 0 spiro atoms. The smallest absolute Gasteiger partial charge is 0.248 e. The molecular weight excluding hydrogens is 931 g/mol. The minimum absolute atomic E-state index is 0.000792. The van der Waals surface area contributed by atoms with E-state index in [1.165, 1.54) is 0 Å². The van der Waals surface area contributed by atoms with Crippen molar-refractivity contribution in [3.8, 4) is 12.3 Å². The number of anilines is 3. The van der Waals surface area contributed by atoms with Crippen LogP contribution in [0.2, 0.25) is 0 Å². The van der Waals surface area contributed by atoms with Crippen LogP contribution in [0.4, 0.5) is 17.8 Å². The standard InChI is InChI=1S/C51H77N17O5/c1-8-23-71-25-27-73-28-26-72-24-14-54-49-56-50(58-51(57-49)66-21-17-64(18-22-66)48(70)46(37(7)9-2)68-34-44(60-62-68)41(53)30-36(5)6)65-19-15-63(16-20-65)47(69)45(32-39-31-38-12-10-11-13-42(38)55-39)67-33-43(59-61-67)40(52)29-35(3)4/h1,10-13,31,33-37,40-41,45-46,55H,9,14-30,32,52-53H2,2-7H3,(H,54,56,57,58)/t37-,40-,41-,45-,46-/m0/s1. The number of amides is 2.